The van der Waals surface area contributed by atoms with Gasteiger partial charge in [-0.3, -0.25) is 0 Å². The van der Waals surface area contributed by atoms with E-state index < -0.39 is 0 Å². The number of halogens is 1. The number of hydrogen-bond acceptors (Lipinski definition) is 0. The highest BCUT2D eigenvalue weighted by molar-refractivity contribution is 9.09. The predicted octanol–water partition coefficient (Wildman–Crippen LogP) is 3.13. The van der Waals surface area contributed by atoms with Gasteiger partial charge in [-0.05, 0) is 27.7 Å². The summed E-state index contributed by atoms with van der Waals surface area (Å²) >= 11 is 3.48. The van der Waals surface area contributed by atoms with E-state index in [4.69, 9.17) is 0 Å². The average molecular weight is 177 g/mol. The fraction of sp³-hybridized carbons (Fsp3) is 0.714. The molecule has 0 bridgehead atoms. The third-order valence-corrected chi connectivity index (χ3v) is 2.07. The van der Waals surface area contributed by atoms with Crippen molar-refractivity contribution in [3.63, 3.8) is 0 Å². The highest BCUT2D eigenvalue weighted by Crippen LogP contribution is 2.13. The van der Waals surface area contributed by atoms with Crippen molar-refractivity contribution in [2.24, 2.45) is 0 Å². The Labute approximate surface area is 60.1 Å². The number of alkyl halides is 1. The van der Waals surface area contributed by atoms with Crippen molar-refractivity contribution >= 4 is 15.9 Å². The Kier molecular flexibility index (Phi) is 3.38. The fourth-order valence-electron chi connectivity index (χ4n) is 0.398. The monoisotopic (exact) mass is 176 g/mol. The van der Waals surface area contributed by atoms with Crippen molar-refractivity contribution in [2.75, 3.05) is 0 Å². The quantitative estimate of drug-likeness (QED) is 0.426. The Hall–Kier alpha value is 0.220. The van der Waals surface area contributed by atoms with Crippen LogP contribution in [0.4, 0.5) is 0 Å². The molecule has 0 saturated heterocycles. The highest BCUT2D eigenvalue weighted by Gasteiger charge is 1.97. The molecule has 0 aromatic rings. The van der Waals surface area contributed by atoms with Gasteiger partial charge in [-0.2, -0.15) is 0 Å². The molecule has 0 spiro atoms. The molecule has 48 valence electrons. The molecular weight excluding hydrogens is 164 g/mol. The van der Waals surface area contributed by atoms with Gasteiger partial charge in [-0.15, -0.1) is 0 Å². The maximum Gasteiger partial charge on any atom is 0.0326 e. The van der Waals surface area contributed by atoms with Crippen LogP contribution in [0.1, 0.15) is 27.7 Å². The summed E-state index contributed by atoms with van der Waals surface area (Å²) in [5.74, 6) is 0. The Morgan fingerprint density at radius 2 is 1.62 bits per heavy atom. The predicted molar refractivity (Wildman–Crippen MR) is 42.4 cm³/mol. The van der Waals surface area contributed by atoms with Crippen LogP contribution >= 0.6 is 15.9 Å². The lowest BCUT2D eigenvalue weighted by Gasteiger charge is -2.03. The van der Waals surface area contributed by atoms with Gasteiger partial charge in [0, 0.05) is 4.83 Å². The molecule has 0 nitrogen and oxygen atoms in total. The van der Waals surface area contributed by atoms with Crippen molar-refractivity contribution in [2.45, 2.75) is 32.5 Å². The molecule has 0 fully saturated rings. The molecular formula is C7H13Br. The highest BCUT2D eigenvalue weighted by atomic mass is 79.9. The van der Waals surface area contributed by atoms with Gasteiger partial charge < -0.3 is 0 Å². The van der Waals surface area contributed by atoms with Crippen molar-refractivity contribution < 1.29 is 0 Å². The van der Waals surface area contributed by atoms with E-state index in [1.165, 1.54) is 11.1 Å². The molecule has 1 heteroatoms. The van der Waals surface area contributed by atoms with Crippen LogP contribution in [0.3, 0.4) is 0 Å². The number of hydrogen-bond donors (Lipinski definition) is 0. The molecule has 0 rings (SSSR count). The van der Waals surface area contributed by atoms with Crippen LogP contribution in [0, 0.1) is 0 Å². The third-order valence-electron chi connectivity index (χ3n) is 1.39. The molecule has 0 saturated carbocycles. The van der Waals surface area contributed by atoms with Crippen LogP contribution in [0.2, 0.25) is 0 Å². The zero-order valence-corrected chi connectivity index (χ0v) is 7.54. The smallest absolute Gasteiger partial charge is 0.0326 e. The molecule has 8 heavy (non-hydrogen) atoms. The molecule has 0 N–H and O–H groups in total. The molecule has 0 aliphatic carbocycles. The summed E-state index contributed by atoms with van der Waals surface area (Å²) < 4.78 is 0. The van der Waals surface area contributed by atoms with Gasteiger partial charge in [0.1, 0.15) is 0 Å². The molecule has 0 heterocycles. The Bertz CT molecular complexity index is 97.0. The minimum absolute atomic E-state index is 0.535. The Balaban J connectivity index is 4.00. The van der Waals surface area contributed by atoms with E-state index in [1.807, 2.05) is 0 Å². The largest absolute Gasteiger partial charge is 0.0845 e. The first-order valence-corrected chi connectivity index (χ1v) is 3.75. The standard InChI is InChI=1S/C7H13Br/c1-5(2)6(3)7(4)8/h7H,1-4H3. The van der Waals surface area contributed by atoms with Crippen LogP contribution in [0.25, 0.3) is 0 Å². The van der Waals surface area contributed by atoms with Gasteiger partial charge in [-0.1, -0.05) is 27.1 Å². The Morgan fingerprint density at radius 3 is 1.62 bits per heavy atom. The summed E-state index contributed by atoms with van der Waals surface area (Å²) in [6, 6.07) is 0. The topological polar surface area (TPSA) is 0 Å². The summed E-state index contributed by atoms with van der Waals surface area (Å²) in [6.07, 6.45) is 0. The van der Waals surface area contributed by atoms with Crippen LogP contribution in [0.5, 0.6) is 0 Å². The Morgan fingerprint density at radius 1 is 1.25 bits per heavy atom. The molecule has 0 aliphatic rings. The minimum atomic E-state index is 0.535. The van der Waals surface area contributed by atoms with Gasteiger partial charge in [0.05, 0.1) is 0 Å². The average Bonchev–Trinajstić information content (AvgIpc) is 1.64. The molecule has 0 radical (unpaired) electrons. The van der Waals surface area contributed by atoms with E-state index in [2.05, 4.69) is 43.6 Å². The number of rotatable bonds is 1. The summed E-state index contributed by atoms with van der Waals surface area (Å²) in [5, 5.41) is 0. The van der Waals surface area contributed by atoms with Crippen LogP contribution in [-0.4, -0.2) is 4.83 Å². The van der Waals surface area contributed by atoms with Crippen molar-refractivity contribution in [3.8, 4) is 0 Å². The van der Waals surface area contributed by atoms with E-state index in [0.717, 1.165) is 0 Å². The zero-order valence-electron chi connectivity index (χ0n) is 5.96. The van der Waals surface area contributed by atoms with E-state index in [-0.39, 0.29) is 0 Å². The molecule has 1 atom stereocenters. The second-order valence-corrected chi connectivity index (χ2v) is 3.67. The first kappa shape index (κ1) is 8.22. The van der Waals surface area contributed by atoms with Crippen LogP contribution in [0.15, 0.2) is 11.1 Å². The van der Waals surface area contributed by atoms with Crippen LogP contribution < -0.4 is 0 Å². The van der Waals surface area contributed by atoms with Gasteiger partial charge in [0.25, 0.3) is 0 Å². The first-order valence-electron chi connectivity index (χ1n) is 2.83. The molecule has 0 aromatic carbocycles. The maximum absolute atomic E-state index is 3.48. The SMILES string of the molecule is CC(C)=C(C)C(C)Br. The number of allylic oxidation sites excluding steroid dienone is 2. The minimum Gasteiger partial charge on any atom is -0.0845 e. The lowest BCUT2D eigenvalue weighted by atomic mass is 10.1. The maximum atomic E-state index is 3.48. The van der Waals surface area contributed by atoms with Gasteiger partial charge in [0.15, 0.2) is 0 Å². The lowest BCUT2D eigenvalue weighted by Crippen LogP contribution is -1.92. The third kappa shape index (κ3) is 2.51. The van der Waals surface area contributed by atoms with Gasteiger partial charge in [-0.25, -0.2) is 0 Å². The molecule has 0 aliphatic heterocycles. The van der Waals surface area contributed by atoms with Gasteiger partial charge >= 0.3 is 0 Å². The van der Waals surface area contributed by atoms with E-state index in [0.29, 0.717) is 4.83 Å². The second-order valence-electron chi connectivity index (χ2n) is 2.30. The lowest BCUT2D eigenvalue weighted by molar-refractivity contribution is 1.09. The van der Waals surface area contributed by atoms with Crippen LogP contribution in [-0.2, 0) is 0 Å². The zero-order chi connectivity index (χ0) is 6.73. The fourth-order valence-corrected chi connectivity index (χ4v) is 0.856. The van der Waals surface area contributed by atoms with Crippen molar-refractivity contribution in [3.05, 3.63) is 11.1 Å². The van der Waals surface area contributed by atoms with Crippen molar-refractivity contribution in [1.29, 1.82) is 0 Å². The normalized spacial score (nSPS) is 13.1. The summed E-state index contributed by atoms with van der Waals surface area (Å²) in [7, 11) is 0. The molecule has 0 aromatic heterocycles. The summed E-state index contributed by atoms with van der Waals surface area (Å²) in [6.45, 7) is 8.55. The van der Waals surface area contributed by atoms with Crippen molar-refractivity contribution in [1.82, 2.24) is 0 Å². The molecule has 1 unspecified atom stereocenters. The van der Waals surface area contributed by atoms with E-state index >= 15 is 0 Å². The summed E-state index contributed by atoms with van der Waals surface area (Å²) in [4.78, 5) is 0.535. The van der Waals surface area contributed by atoms with Gasteiger partial charge in [0.2, 0.25) is 0 Å². The first-order chi connectivity index (χ1) is 3.55. The molecule has 0 amide bonds. The second kappa shape index (κ2) is 3.29. The summed E-state index contributed by atoms with van der Waals surface area (Å²) in [5.41, 5.74) is 2.85. The van der Waals surface area contributed by atoms with E-state index in [1.54, 1.807) is 0 Å². The van der Waals surface area contributed by atoms with E-state index in [9.17, 15) is 0 Å².